The Kier molecular flexibility index (Phi) is 6.50. The van der Waals surface area contributed by atoms with E-state index in [-0.39, 0.29) is 16.7 Å². The summed E-state index contributed by atoms with van der Waals surface area (Å²) in [6, 6.07) is 8.09. The molecule has 152 valence electrons. The van der Waals surface area contributed by atoms with Crippen molar-refractivity contribution in [3.05, 3.63) is 40.9 Å². The molecule has 29 heavy (non-hydrogen) atoms. The quantitative estimate of drug-likeness (QED) is 0.561. The summed E-state index contributed by atoms with van der Waals surface area (Å²) in [5.74, 6) is -0.588. The Labute approximate surface area is 176 Å². The average molecular weight is 436 g/mol. The number of ether oxygens (including phenoxy) is 3. The molecule has 10 heteroatoms. The minimum atomic E-state index is -0.718. The third-order valence-electron chi connectivity index (χ3n) is 3.71. The number of carbonyl (C=O) groups is 2. The molecule has 3 aromatic rings. The summed E-state index contributed by atoms with van der Waals surface area (Å²) in [6.07, 6.45) is -0.125. The molecule has 3 rings (SSSR count). The van der Waals surface area contributed by atoms with Gasteiger partial charge in [-0.15, -0.1) is 0 Å². The molecule has 0 saturated carbocycles. The van der Waals surface area contributed by atoms with Gasteiger partial charge in [0.15, 0.2) is 18.1 Å². The van der Waals surface area contributed by atoms with Gasteiger partial charge in [-0.3, -0.25) is 4.79 Å². The summed E-state index contributed by atoms with van der Waals surface area (Å²) in [5, 5.41) is 2.87. The number of methoxy groups -OCH3 is 1. The van der Waals surface area contributed by atoms with Gasteiger partial charge in [0.1, 0.15) is 11.0 Å². The van der Waals surface area contributed by atoms with Crippen LogP contribution in [0.4, 0.5) is 5.69 Å². The molecule has 0 radical (unpaired) electrons. The number of esters is 1. The predicted octanol–water partition coefficient (Wildman–Crippen LogP) is 3.94. The van der Waals surface area contributed by atoms with Crippen molar-refractivity contribution in [3.8, 4) is 11.5 Å². The van der Waals surface area contributed by atoms with Crippen molar-refractivity contribution >= 4 is 51.9 Å². The summed E-state index contributed by atoms with van der Waals surface area (Å²) >= 11 is 7.26. The summed E-state index contributed by atoms with van der Waals surface area (Å²) in [7, 11) is 1.44. The SMILES string of the molecule is COc1cc(C(=O)OCC(=O)Nc2cccc3nsnc23)cc(Cl)c1OC(C)C. The molecule has 1 heterocycles. The fraction of sp³-hybridized carbons (Fsp3) is 0.263. The second kappa shape index (κ2) is 9.06. The Hall–Kier alpha value is -2.91. The van der Waals surface area contributed by atoms with E-state index < -0.39 is 18.5 Å². The topological polar surface area (TPSA) is 99.6 Å². The Morgan fingerprint density at radius 3 is 2.76 bits per heavy atom. The van der Waals surface area contributed by atoms with E-state index in [0.29, 0.717) is 28.2 Å². The van der Waals surface area contributed by atoms with E-state index in [0.717, 1.165) is 11.7 Å². The number of hydrogen-bond acceptors (Lipinski definition) is 8. The number of anilines is 1. The van der Waals surface area contributed by atoms with E-state index in [1.54, 1.807) is 18.2 Å². The molecule has 1 aromatic heterocycles. The van der Waals surface area contributed by atoms with Gasteiger partial charge in [-0.2, -0.15) is 8.75 Å². The maximum Gasteiger partial charge on any atom is 0.338 e. The molecule has 0 spiro atoms. The van der Waals surface area contributed by atoms with Crippen LogP contribution in [0, 0.1) is 0 Å². The minimum absolute atomic E-state index is 0.125. The third-order valence-corrected chi connectivity index (χ3v) is 4.54. The van der Waals surface area contributed by atoms with Crippen LogP contribution in [0.3, 0.4) is 0 Å². The lowest BCUT2D eigenvalue weighted by molar-refractivity contribution is -0.119. The molecule has 1 N–H and O–H groups in total. The number of carbonyl (C=O) groups excluding carboxylic acids is 2. The number of rotatable bonds is 7. The highest BCUT2D eigenvalue weighted by Crippen LogP contribution is 2.37. The van der Waals surface area contributed by atoms with Crippen molar-refractivity contribution in [2.45, 2.75) is 20.0 Å². The van der Waals surface area contributed by atoms with E-state index >= 15 is 0 Å². The highest BCUT2D eigenvalue weighted by molar-refractivity contribution is 7.00. The molecular weight excluding hydrogens is 418 g/mol. The highest BCUT2D eigenvalue weighted by Gasteiger charge is 2.19. The summed E-state index contributed by atoms with van der Waals surface area (Å²) in [6.45, 7) is 3.22. The Balaban J connectivity index is 1.66. The Bertz CT molecular complexity index is 1050. The maximum atomic E-state index is 12.3. The van der Waals surface area contributed by atoms with Crippen molar-refractivity contribution in [2.24, 2.45) is 0 Å². The first-order chi connectivity index (χ1) is 13.9. The van der Waals surface area contributed by atoms with Crippen LogP contribution in [0.15, 0.2) is 30.3 Å². The number of benzene rings is 2. The van der Waals surface area contributed by atoms with Gasteiger partial charge < -0.3 is 19.5 Å². The maximum absolute atomic E-state index is 12.3. The normalized spacial score (nSPS) is 10.8. The zero-order chi connectivity index (χ0) is 21.0. The van der Waals surface area contributed by atoms with Crippen molar-refractivity contribution < 1.29 is 23.8 Å². The molecule has 0 fully saturated rings. The molecule has 2 aromatic carbocycles. The fourth-order valence-corrected chi connectivity index (χ4v) is 3.30. The first kappa shape index (κ1) is 20.8. The third kappa shape index (κ3) is 4.93. The standard InChI is InChI=1S/C19H18ClN3O5S/c1-10(2)28-18-12(20)7-11(8-15(18)26-3)19(25)27-9-16(24)21-13-5-4-6-14-17(13)23-29-22-14/h4-8,10H,9H2,1-3H3,(H,21,24). The second-order valence-electron chi connectivity index (χ2n) is 6.22. The Morgan fingerprint density at radius 2 is 2.03 bits per heavy atom. The van der Waals surface area contributed by atoms with Crippen LogP contribution in [-0.4, -0.2) is 40.4 Å². The van der Waals surface area contributed by atoms with Gasteiger partial charge in [0.25, 0.3) is 5.91 Å². The van der Waals surface area contributed by atoms with Crippen molar-refractivity contribution in [2.75, 3.05) is 19.0 Å². The van der Waals surface area contributed by atoms with Crippen LogP contribution in [0.1, 0.15) is 24.2 Å². The number of nitrogens with one attached hydrogen (secondary N) is 1. The average Bonchev–Trinajstić information content (AvgIpc) is 3.17. The molecule has 0 aliphatic heterocycles. The number of hydrogen-bond donors (Lipinski definition) is 1. The molecule has 0 saturated heterocycles. The number of nitrogens with zero attached hydrogens (tertiary/aromatic N) is 2. The molecule has 0 bridgehead atoms. The predicted molar refractivity (Wildman–Crippen MR) is 110 cm³/mol. The zero-order valence-corrected chi connectivity index (χ0v) is 17.5. The van der Waals surface area contributed by atoms with Crippen LogP contribution in [0.25, 0.3) is 11.0 Å². The van der Waals surface area contributed by atoms with E-state index in [2.05, 4.69) is 14.1 Å². The summed E-state index contributed by atoms with van der Waals surface area (Å²) < 4.78 is 24.2. The van der Waals surface area contributed by atoms with Crippen LogP contribution in [-0.2, 0) is 9.53 Å². The van der Waals surface area contributed by atoms with Gasteiger partial charge in [-0.1, -0.05) is 17.7 Å². The molecule has 0 aliphatic rings. The van der Waals surface area contributed by atoms with E-state index in [4.69, 9.17) is 25.8 Å². The monoisotopic (exact) mass is 435 g/mol. The van der Waals surface area contributed by atoms with Gasteiger partial charge in [0.2, 0.25) is 0 Å². The lowest BCUT2D eigenvalue weighted by Gasteiger charge is -2.16. The van der Waals surface area contributed by atoms with E-state index in [1.165, 1.54) is 19.2 Å². The number of halogens is 1. The molecule has 0 aliphatic carbocycles. The van der Waals surface area contributed by atoms with E-state index in [9.17, 15) is 9.59 Å². The van der Waals surface area contributed by atoms with Crippen molar-refractivity contribution in [1.82, 2.24) is 8.75 Å². The minimum Gasteiger partial charge on any atom is -0.493 e. The van der Waals surface area contributed by atoms with Gasteiger partial charge >= 0.3 is 5.97 Å². The Morgan fingerprint density at radius 1 is 1.24 bits per heavy atom. The number of fused-ring (bicyclic) bond motifs is 1. The van der Waals surface area contributed by atoms with Crippen LogP contribution in [0.5, 0.6) is 11.5 Å². The fourth-order valence-electron chi connectivity index (χ4n) is 2.50. The van der Waals surface area contributed by atoms with Crippen molar-refractivity contribution in [3.63, 3.8) is 0 Å². The summed E-state index contributed by atoms with van der Waals surface area (Å²) in [5.41, 5.74) is 1.89. The number of amides is 1. The molecule has 1 amide bonds. The first-order valence-corrected chi connectivity index (χ1v) is 9.72. The second-order valence-corrected chi connectivity index (χ2v) is 7.15. The largest absolute Gasteiger partial charge is 0.493 e. The molecular formula is C19H18ClN3O5S. The van der Waals surface area contributed by atoms with E-state index in [1.807, 2.05) is 13.8 Å². The van der Waals surface area contributed by atoms with Crippen LogP contribution in [0.2, 0.25) is 5.02 Å². The van der Waals surface area contributed by atoms with Gasteiger partial charge in [-0.05, 0) is 38.1 Å². The van der Waals surface area contributed by atoms with Gasteiger partial charge in [0, 0.05) is 0 Å². The van der Waals surface area contributed by atoms with Gasteiger partial charge in [-0.25, -0.2) is 4.79 Å². The van der Waals surface area contributed by atoms with Crippen molar-refractivity contribution in [1.29, 1.82) is 0 Å². The zero-order valence-electron chi connectivity index (χ0n) is 15.9. The van der Waals surface area contributed by atoms with Crippen LogP contribution >= 0.6 is 23.3 Å². The molecule has 0 atom stereocenters. The lowest BCUT2D eigenvalue weighted by atomic mass is 10.2. The lowest BCUT2D eigenvalue weighted by Crippen LogP contribution is -2.21. The smallest absolute Gasteiger partial charge is 0.338 e. The molecule has 8 nitrogen and oxygen atoms in total. The van der Waals surface area contributed by atoms with Gasteiger partial charge in [0.05, 0.1) is 41.2 Å². The molecule has 0 unspecified atom stereocenters. The highest BCUT2D eigenvalue weighted by atomic mass is 35.5. The number of aromatic nitrogens is 2. The van der Waals surface area contributed by atoms with Crippen LogP contribution < -0.4 is 14.8 Å². The summed E-state index contributed by atoms with van der Waals surface area (Å²) in [4.78, 5) is 24.5. The first-order valence-electron chi connectivity index (χ1n) is 8.61.